The van der Waals surface area contributed by atoms with Gasteiger partial charge in [0.15, 0.2) is 5.69 Å². The number of nitrogens with one attached hydrogen (secondary N) is 2. The molecular weight excluding hydrogens is 252 g/mol. The fourth-order valence-electron chi connectivity index (χ4n) is 1.55. The van der Waals surface area contributed by atoms with E-state index in [0.717, 1.165) is 12.0 Å². The highest BCUT2D eigenvalue weighted by molar-refractivity contribution is 6.30. The van der Waals surface area contributed by atoms with E-state index < -0.39 is 0 Å². The maximum atomic E-state index is 11.7. The van der Waals surface area contributed by atoms with Crippen molar-refractivity contribution in [2.24, 2.45) is 0 Å². The smallest absolute Gasteiger partial charge is 0.273 e. The van der Waals surface area contributed by atoms with Crippen molar-refractivity contribution in [3.8, 4) is 0 Å². The van der Waals surface area contributed by atoms with Crippen molar-refractivity contribution in [2.45, 2.75) is 13.3 Å². The van der Waals surface area contributed by atoms with Crippen LogP contribution in [0.4, 0.5) is 0 Å². The number of H-pyrrole nitrogens is 1. The Balaban J connectivity index is 1.84. The molecule has 5 nitrogen and oxygen atoms in total. The Bertz CT molecular complexity index is 535. The van der Waals surface area contributed by atoms with Crippen LogP contribution in [0.2, 0.25) is 5.02 Å². The molecule has 2 N–H and O–H groups in total. The molecule has 94 valence electrons. The lowest BCUT2D eigenvalue weighted by Crippen LogP contribution is -2.26. The molecular formula is C12H13ClN4O. The van der Waals surface area contributed by atoms with E-state index in [-0.39, 0.29) is 5.91 Å². The summed E-state index contributed by atoms with van der Waals surface area (Å²) in [5.74, 6) is -0.213. The number of carbonyl (C=O) groups excluding carboxylic acids is 1. The van der Waals surface area contributed by atoms with Crippen LogP contribution in [0.25, 0.3) is 0 Å². The number of hydrogen-bond donors (Lipinski definition) is 2. The normalized spacial score (nSPS) is 10.3. The fourth-order valence-corrected chi connectivity index (χ4v) is 1.68. The van der Waals surface area contributed by atoms with Crippen LogP contribution in [0.3, 0.4) is 0 Å². The third kappa shape index (κ3) is 3.07. The van der Waals surface area contributed by atoms with Gasteiger partial charge in [-0.25, -0.2) is 0 Å². The van der Waals surface area contributed by atoms with Crippen molar-refractivity contribution in [1.82, 2.24) is 20.7 Å². The highest BCUT2D eigenvalue weighted by Crippen LogP contribution is 2.09. The molecule has 0 aliphatic heterocycles. The van der Waals surface area contributed by atoms with Gasteiger partial charge in [-0.15, -0.1) is 0 Å². The molecule has 0 atom stereocenters. The van der Waals surface area contributed by atoms with Gasteiger partial charge in [-0.2, -0.15) is 15.4 Å². The van der Waals surface area contributed by atoms with Gasteiger partial charge in [0.05, 0.1) is 5.69 Å². The minimum absolute atomic E-state index is 0.213. The van der Waals surface area contributed by atoms with Crippen LogP contribution in [0.15, 0.2) is 24.3 Å². The van der Waals surface area contributed by atoms with Gasteiger partial charge in [-0.1, -0.05) is 23.7 Å². The molecule has 2 rings (SSSR count). The van der Waals surface area contributed by atoms with Crippen molar-refractivity contribution in [3.63, 3.8) is 0 Å². The highest BCUT2D eigenvalue weighted by Gasteiger charge is 2.11. The molecule has 1 aromatic heterocycles. The minimum atomic E-state index is -0.213. The summed E-state index contributed by atoms with van der Waals surface area (Å²) in [4.78, 5) is 11.7. The molecule has 0 radical (unpaired) electrons. The summed E-state index contributed by atoms with van der Waals surface area (Å²) in [6.45, 7) is 2.28. The lowest BCUT2D eigenvalue weighted by atomic mass is 10.1. The quantitative estimate of drug-likeness (QED) is 0.884. The molecule has 0 aliphatic rings. The van der Waals surface area contributed by atoms with Crippen LogP contribution < -0.4 is 5.32 Å². The second-order valence-electron chi connectivity index (χ2n) is 3.89. The standard InChI is InChI=1S/C12H13ClN4O/c1-8-11(16-17-15-8)12(18)14-7-6-9-2-4-10(13)5-3-9/h2-5H,6-7H2,1H3,(H,14,18)(H,15,16,17). The number of aromatic amines is 1. The summed E-state index contributed by atoms with van der Waals surface area (Å²) in [6.07, 6.45) is 0.750. The van der Waals surface area contributed by atoms with Crippen LogP contribution in [0.1, 0.15) is 21.7 Å². The Morgan fingerprint density at radius 3 is 2.67 bits per heavy atom. The van der Waals surface area contributed by atoms with Crippen molar-refractivity contribution < 1.29 is 4.79 Å². The molecule has 6 heteroatoms. The Labute approximate surface area is 110 Å². The first-order valence-electron chi connectivity index (χ1n) is 5.57. The first-order chi connectivity index (χ1) is 8.66. The third-order valence-electron chi connectivity index (χ3n) is 2.55. The highest BCUT2D eigenvalue weighted by atomic mass is 35.5. The van der Waals surface area contributed by atoms with E-state index in [2.05, 4.69) is 20.7 Å². The van der Waals surface area contributed by atoms with Gasteiger partial charge in [0.1, 0.15) is 0 Å². The lowest BCUT2D eigenvalue weighted by molar-refractivity contribution is 0.0948. The van der Waals surface area contributed by atoms with Crippen molar-refractivity contribution >= 4 is 17.5 Å². The van der Waals surface area contributed by atoms with Gasteiger partial charge in [0.2, 0.25) is 0 Å². The molecule has 0 aliphatic carbocycles. The average Bonchev–Trinajstić information content (AvgIpc) is 2.78. The third-order valence-corrected chi connectivity index (χ3v) is 2.80. The van der Waals surface area contributed by atoms with Gasteiger partial charge in [-0.3, -0.25) is 4.79 Å². The number of rotatable bonds is 4. The second kappa shape index (κ2) is 5.64. The SMILES string of the molecule is Cc1n[nH]nc1C(=O)NCCc1ccc(Cl)cc1. The van der Waals surface area contributed by atoms with E-state index in [1.807, 2.05) is 24.3 Å². The topological polar surface area (TPSA) is 70.7 Å². The number of halogens is 1. The molecule has 0 saturated carbocycles. The van der Waals surface area contributed by atoms with Gasteiger partial charge < -0.3 is 5.32 Å². The van der Waals surface area contributed by atoms with Crippen LogP contribution >= 0.6 is 11.6 Å². The van der Waals surface area contributed by atoms with Crippen molar-refractivity contribution in [3.05, 3.63) is 46.2 Å². The molecule has 1 aromatic carbocycles. The summed E-state index contributed by atoms with van der Waals surface area (Å²) in [6, 6.07) is 7.55. The predicted octanol–water partition coefficient (Wildman–Crippen LogP) is 1.74. The second-order valence-corrected chi connectivity index (χ2v) is 4.33. The molecule has 0 saturated heterocycles. The number of nitrogens with zero attached hydrogens (tertiary/aromatic N) is 2. The number of benzene rings is 1. The zero-order valence-electron chi connectivity index (χ0n) is 9.90. The van der Waals surface area contributed by atoms with Crippen LogP contribution in [0.5, 0.6) is 0 Å². The number of amides is 1. The van der Waals surface area contributed by atoms with Crippen LogP contribution in [-0.2, 0) is 6.42 Å². The minimum Gasteiger partial charge on any atom is -0.350 e. The number of carbonyl (C=O) groups is 1. The summed E-state index contributed by atoms with van der Waals surface area (Å²) < 4.78 is 0. The summed E-state index contributed by atoms with van der Waals surface area (Å²) in [7, 11) is 0. The zero-order valence-corrected chi connectivity index (χ0v) is 10.7. The summed E-state index contributed by atoms with van der Waals surface area (Å²) in [5, 5.41) is 13.5. The number of aryl methyl sites for hydroxylation is 1. The first-order valence-corrected chi connectivity index (χ1v) is 5.94. The van der Waals surface area contributed by atoms with Crippen molar-refractivity contribution in [2.75, 3.05) is 6.54 Å². The van der Waals surface area contributed by atoms with E-state index in [9.17, 15) is 4.79 Å². The maximum Gasteiger partial charge on any atom is 0.273 e. The van der Waals surface area contributed by atoms with E-state index in [1.165, 1.54) is 0 Å². The van der Waals surface area contributed by atoms with Gasteiger partial charge >= 0.3 is 0 Å². The lowest BCUT2D eigenvalue weighted by Gasteiger charge is -2.04. The molecule has 0 spiro atoms. The number of aromatic nitrogens is 3. The largest absolute Gasteiger partial charge is 0.350 e. The Morgan fingerprint density at radius 2 is 2.06 bits per heavy atom. The molecule has 0 fully saturated rings. The monoisotopic (exact) mass is 264 g/mol. The van der Waals surface area contributed by atoms with E-state index >= 15 is 0 Å². The molecule has 2 aromatic rings. The Kier molecular flexibility index (Phi) is 3.94. The predicted molar refractivity (Wildman–Crippen MR) is 68.6 cm³/mol. The molecule has 18 heavy (non-hydrogen) atoms. The average molecular weight is 265 g/mol. The van der Waals surface area contributed by atoms with Gasteiger partial charge in [0, 0.05) is 11.6 Å². The zero-order chi connectivity index (χ0) is 13.0. The number of hydrogen-bond acceptors (Lipinski definition) is 3. The molecule has 1 amide bonds. The maximum absolute atomic E-state index is 11.7. The van der Waals surface area contributed by atoms with E-state index in [1.54, 1.807) is 6.92 Å². The van der Waals surface area contributed by atoms with Gasteiger partial charge in [0.25, 0.3) is 5.91 Å². The Hall–Kier alpha value is -1.88. The summed E-state index contributed by atoms with van der Waals surface area (Å²) >= 11 is 5.79. The van der Waals surface area contributed by atoms with E-state index in [0.29, 0.717) is 23.0 Å². The van der Waals surface area contributed by atoms with Crippen LogP contribution in [-0.4, -0.2) is 27.9 Å². The van der Waals surface area contributed by atoms with Crippen molar-refractivity contribution in [1.29, 1.82) is 0 Å². The van der Waals surface area contributed by atoms with Crippen LogP contribution in [0, 0.1) is 6.92 Å². The first kappa shape index (κ1) is 12.6. The fraction of sp³-hybridized carbons (Fsp3) is 0.250. The van der Waals surface area contributed by atoms with Gasteiger partial charge in [-0.05, 0) is 31.0 Å². The molecule has 1 heterocycles. The van der Waals surface area contributed by atoms with E-state index in [4.69, 9.17) is 11.6 Å². The molecule has 0 bridgehead atoms. The Morgan fingerprint density at radius 1 is 1.33 bits per heavy atom. The molecule has 0 unspecified atom stereocenters. The summed E-state index contributed by atoms with van der Waals surface area (Å²) in [5.41, 5.74) is 2.06.